The fourth-order valence-corrected chi connectivity index (χ4v) is 4.42. The van der Waals surface area contributed by atoms with E-state index in [0.29, 0.717) is 12.1 Å². The molecule has 8 nitrogen and oxygen atoms in total. The van der Waals surface area contributed by atoms with E-state index in [1.165, 1.54) is 24.7 Å². The number of fused-ring (bicyclic) bond motifs is 1. The summed E-state index contributed by atoms with van der Waals surface area (Å²) < 4.78 is 28.7. The minimum Gasteiger partial charge on any atom is -0.355 e. The third kappa shape index (κ3) is 5.48. The zero-order valence-electron chi connectivity index (χ0n) is 18.2. The van der Waals surface area contributed by atoms with Gasteiger partial charge in [0.25, 0.3) is 0 Å². The van der Waals surface area contributed by atoms with E-state index in [-0.39, 0.29) is 23.4 Å². The van der Waals surface area contributed by atoms with Crippen molar-refractivity contribution >= 4 is 27.0 Å². The second-order valence-electron chi connectivity index (χ2n) is 7.64. The van der Waals surface area contributed by atoms with Crippen LogP contribution in [0.4, 0.5) is 0 Å². The fraction of sp³-hybridized carbons (Fsp3) is 0.409. The predicted octanol–water partition coefficient (Wildman–Crippen LogP) is 2.77. The van der Waals surface area contributed by atoms with Crippen LogP contribution in [-0.4, -0.2) is 53.8 Å². The molecule has 0 aliphatic heterocycles. The Bertz CT molecular complexity index is 1130. The molecule has 1 heterocycles. The van der Waals surface area contributed by atoms with Crippen LogP contribution >= 0.6 is 0 Å². The highest BCUT2D eigenvalue weighted by molar-refractivity contribution is 7.89. The van der Waals surface area contributed by atoms with E-state index in [2.05, 4.69) is 22.6 Å². The molecule has 0 aliphatic carbocycles. The van der Waals surface area contributed by atoms with Crippen molar-refractivity contribution in [3.63, 3.8) is 0 Å². The molecule has 3 rings (SSSR count). The average Bonchev–Trinajstić information content (AvgIpc) is 3.20. The van der Waals surface area contributed by atoms with Crippen LogP contribution in [-0.2, 0) is 21.2 Å². The molecule has 0 saturated heterocycles. The van der Waals surface area contributed by atoms with Gasteiger partial charge in [0.2, 0.25) is 15.9 Å². The molecule has 0 radical (unpaired) electrons. The lowest BCUT2D eigenvalue weighted by Gasteiger charge is -2.17. The van der Waals surface area contributed by atoms with Crippen LogP contribution in [0.2, 0.25) is 0 Å². The van der Waals surface area contributed by atoms with Crippen molar-refractivity contribution in [2.45, 2.75) is 44.0 Å². The van der Waals surface area contributed by atoms with E-state index >= 15 is 0 Å². The molecule has 1 unspecified atom stereocenters. The van der Waals surface area contributed by atoms with Gasteiger partial charge in [-0.15, -0.1) is 5.10 Å². The topological polar surface area (TPSA) is 97.2 Å². The Morgan fingerprint density at radius 3 is 2.65 bits per heavy atom. The summed E-state index contributed by atoms with van der Waals surface area (Å²) in [5, 5.41) is 11.0. The fourth-order valence-electron chi connectivity index (χ4n) is 3.27. The summed E-state index contributed by atoms with van der Waals surface area (Å²) in [6.07, 6.45) is 2.53. The van der Waals surface area contributed by atoms with E-state index in [0.717, 1.165) is 29.1 Å². The van der Waals surface area contributed by atoms with Crippen LogP contribution < -0.4 is 5.32 Å². The number of aryl methyl sites for hydroxylation is 1. The SMILES string of the molecule is CCC(C)n1nnc2cc(S(=O)(=O)N(C)CC(=O)NCCCc3ccccc3)ccc21. The molecule has 0 fully saturated rings. The van der Waals surface area contributed by atoms with Crippen LogP contribution in [0.1, 0.15) is 38.3 Å². The molecule has 0 bridgehead atoms. The molecule has 166 valence electrons. The first-order valence-corrected chi connectivity index (χ1v) is 11.9. The third-order valence-corrected chi connectivity index (χ3v) is 7.13. The normalized spacial score (nSPS) is 12.9. The summed E-state index contributed by atoms with van der Waals surface area (Å²) >= 11 is 0. The number of hydrogen-bond donors (Lipinski definition) is 1. The zero-order valence-corrected chi connectivity index (χ0v) is 19.0. The minimum absolute atomic E-state index is 0.0931. The minimum atomic E-state index is -3.82. The van der Waals surface area contributed by atoms with Crippen LogP contribution in [0.15, 0.2) is 53.4 Å². The number of likely N-dealkylation sites (N-methyl/N-ethyl adjacent to an activating group) is 1. The van der Waals surface area contributed by atoms with E-state index < -0.39 is 10.0 Å². The number of carbonyl (C=O) groups is 1. The zero-order chi connectivity index (χ0) is 22.4. The summed E-state index contributed by atoms with van der Waals surface area (Å²) in [6, 6.07) is 14.9. The smallest absolute Gasteiger partial charge is 0.243 e. The Kier molecular flexibility index (Phi) is 7.40. The monoisotopic (exact) mass is 443 g/mol. The van der Waals surface area contributed by atoms with Crippen molar-refractivity contribution in [1.82, 2.24) is 24.6 Å². The molecule has 1 N–H and O–H groups in total. The quantitative estimate of drug-likeness (QED) is 0.486. The first-order chi connectivity index (χ1) is 14.8. The standard InChI is InChI=1S/C22H29N5O3S/c1-4-17(2)27-21-13-12-19(15-20(21)24-25-27)31(29,30)26(3)16-22(28)23-14-8-11-18-9-6-5-7-10-18/h5-7,9-10,12-13,15,17H,4,8,11,14,16H2,1-3H3,(H,23,28). The van der Waals surface area contributed by atoms with E-state index in [9.17, 15) is 13.2 Å². The Morgan fingerprint density at radius 2 is 1.94 bits per heavy atom. The second-order valence-corrected chi connectivity index (χ2v) is 9.69. The second kappa shape index (κ2) is 10.0. The van der Waals surface area contributed by atoms with Gasteiger partial charge in [-0.1, -0.05) is 42.5 Å². The number of aromatic nitrogens is 3. The number of nitrogens with one attached hydrogen (secondary N) is 1. The molecule has 0 aliphatic rings. The molecule has 0 saturated carbocycles. The lowest BCUT2D eigenvalue weighted by atomic mass is 10.1. The van der Waals surface area contributed by atoms with Gasteiger partial charge in [0.15, 0.2) is 0 Å². The number of sulfonamides is 1. The van der Waals surface area contributed by atoms with Crippen LogP contribution in [0, 0.1) is 0 Å². The molecule has 3 aromatic rings. The van der Waals surface area contributed by atoms with Gasteiger partial charge in [-0.3, -0.25) is 4.79 Å². The maximum Gasteiger partial charge on any atom is 0.243 e. The molecule has 9 heteroatoms. The lowest BCUT2D eigenvalue weighted by molar-refractivity contribution is -0.121. The van der Waals surface area contributed by atoms with E-state index in [1.807, 2.05) is 37.3 Å². The number of carbonyl (C=O) groups excluding carboxylic acids is 1. The lowest BCUT2D eigenvalue weighted by Crippen LogP contribution is -2.38. The van der Waals surface area contributed by atoms with Crippen molar-refractivity contribution in [1.29, 1.82) is 0 Å². The van der Waals surface area contributed by atoms with Gasteiger partial charge in [-0.05, 0) is 49.9 Å². The van der Waals surface area contributed by atoms with Crippen molar-refractivity contribution in [2.75, 3.05) is 20.1 Å². The molecule has 2 aromatic carbocycles. The van der Waals surface area contributed by atoms with Crippen molar-refractivity contribution < 1.29 is 13.2 Å². The van der Waals surface area contributed by atoms with Gasteiger partial charge < -0.3 is 5.32 Å². The van der Waals surface area contributed by atoms with Crippen molar-refractivity contribution in [2.24, 2.45) is 0 Å². The number of hydrogen-bond acceptors (Lipinski definition) is 5. The molecule has 1 aromatic heterocycles. The Labute approximate surface area is 183 Å². The highest BCUT2D eigenvalue weighted by Crippen LogP contribution is 2.22. The van der Waals surface area contributed by atoms with Gasteiger partial charge in [0, 0.05) is 13.6 Å². The van der Waals surface area contributed by atoms with Gasteiger partial charge in [-0.25, -0.2) is 13.1 Å². The number of benzene rings is 2. The Hall–Kier alpha value is -2.78. The Balaban J connectivity index is 1.58. The third-order valence-electron chi connectivity index (χ3n) is 5.33. The highest BCUT2D eigenvalue weighted by Gasteiger charge is 2.24. The first-order valence-electron chi connectivity index (χ1n) is 10.4. The maximum absolute atomic E-state index is 12.9. The number of nitrogens with zero attached hydrogens (tertiary/aromatic N) is 4. The van der Waals surface area contributed by atoms with Crippen molar-refractivity contribution in [3.05, 3.63) is 54.1 Å². The van der Waals surface area contributed by atoms with Gasteiger partial charge in [0.1, 0.15) is 5.52 Å². The maximum atomic E-state index is 12.9. The first kappa shape index (κ1) is 22.9. The summed E-state index contributed by atoms with van der Waals surface area (Å²) in [4.78, 5) is 12.3. The van der Waals surface area contributed by atoms with Crippen LogP contribution in [0.25, 0.3) is 11.0 Å². The van der Waals surface area contributed by atoms with Gasteiger partial charge >= 0.3 is 0 Å². The van der Waals surface area contributed by atoms with E-state index in [4.69, 9.17) is 0 Å². The molecule has 1 atom stereocenters. The number of amides is 1. The predicted molar refractivity (Wildman–Crippen MR) is 120 cm³/mol. The summed E-state index contributed by atoms with van der Waals surface area (Å²) in [6.45, 7) is 4.33. The summed E-state index contributed by atoms with van der Waals surface area (Å²) in [7, 11) is -2.42. The highest BCUT2D eigenvalue weighted by atomic mass is 32.2. The van der Waals surface area contributed by atoms with E-state index in [1.54, 1.807) is 10.7 Å². The molecular formula is C22H29N5O3S. The molecular weight excluding hydrogens is 414 g/mol. The van der Waals surface area contributed by atoms with Gasteiger partial charge in [0.05, 0.1) is 23.0 Å². The summed E-state index contributed by atoms with van der Waals surface area (Å²) in [5.41, 5.74) is 2.50. The van der Waals surface area contributed by atoms with Crippen molar-refractivity contribution in [3.8, 4) is 0 Å². The molecule has 1 amide bonds. The largest absolute Gasteiger partial charge is 0.355 e. The van der Waals surface area contributed by atoms with Gasteiger partial charge in [-0.2, -0.15) is 4.31 Å². The number of rotatable bonds is 10. The Morgan fingerprint density at radius 1 is 1.19 bits per heavy atom. The van der Waals surface area contributed by atoms with Crippen LogP contribution in [0.5, 0.6) is 0 Å². The molecule has 0 spiro atoms. The average molecular weight is 444 g/mol. The molecule has 31 heavy (non-hydrogen) atoms. The van der Waals surface area contributed by atoms with Crippen LogP contribution in [0.3, 0.4) is 0 Å². The summed E-state index contributed by atoms with van der Waals surface area (Å²) in [5.74, 6) is -0.331.